The van der Waals surface area contributed by atoms with Crippen LogP contribution in [0.1, 0.15) is 19.8 Å². The normalized spacial score (nSPS) is 38.7. The number of rotatable bonds is 7. The summed E-state index contributed by atoms with van der Waals surface area (Å²) in [6.07, 6.45) is -3.62. The van der Waals surface area contributed by atoms with Crippen LogP contribution in [0.25, 0.3) is 0 Å². The number of nitrogens with zero attached hydrogens (tertiary/aromatic N) is 2. The lowest BCUT2D eigenvalue weighted by molar-refractivity contribution is -0.202. The van der Waals surface area contributed by atoms with Crippen LogP contribution in [0.5, 0.6) is 0 Å². The van der Waals surface area contributed by atoms with Gasteiger partial charge in [0.25, 0.3) is 0 Å². The standard InChI is InChI=1S/C18H34F3N7O2S/c1-12-2-3-13(30-12)10-23-14-24-15(26-16(25-14)29-11-18(19,20)21)27-5-7-28(8-6-27)17-22-4-9-31-17/h12-17,22-26H,2-11H2,1H3. The zero-order chi connectivity index (χ0) is 21.8. The Bertz CT molecular complexity index is 565. The summed E-state index contributed by atoms with van der Waals surface area (Å²) in [4.78, 5) is 4.63. The highest BCUT2D eigenvalue weighted by Crippen LogP contribution is 2.21. The molecule has 6 unspecified atom stereocenters. The molecule has 0 spiro atoms. The van der Waals surface area contributed by atoms with Crippen LogP contribution in [-0.4, -0.2) is 104 Å². The van der Waals surface area contributed by atoms with Gasteiger partial charge in [-0.1, -0.05) is 0 Å². The topological polar surface area (TPSA) is 85.1 Å². The number of ether oxygens (including phenoxy) is 2. The van der Waals surface area contributed by atoms with E-state index in [0.717, 1.165) is 51.3 Å². The zero-order valence-electron chi connectivity index (χ0n) is 17.8. The lowest BCUT2D eigenvalue weighted by Crippen LogP contribution is -2.76. The Morgan fingerprint density at radius 3 is 2.52 bits per heavy atom. The molecule has 0 aromatic heterocycles. The van der Waals surface area contributed by atoms with Crippen molar-refractivity contribution in [2.24, 2.45) is 0 Å². The van der Waals surface area contributed by atoms with Crippen molar-refractivity contribution in [1.29, 1.82) is 0 Å². The van der Waals surface area contributed by atoms with E-state index in [1.54, 1.807) is 0 Å². The van der Waals surface area contributed by atoms with Crippen molar-refractivity contribution in [2.45, 2.75) is 62.6 Å². The van der Waals surface area contributed by atoms with Gasteiger partial charge in [0.2, 0.25) is 0 Å². The van der Waals surface area contributed by atoms with Crippen molar-refractivity contribution >= 4 is 11.8 Å². The minimum absolute atomic E-state index is 0.112. The number of alkyl halides is 3. The molecule has 4 aliphatic rings. The molecule has 13 heteroatoms. The summed E-state index contributed by atoms with van der Waals surface area (Å²) in [6, 6.07) is 0. The summed E-state index contributed by atoms with van der Waals surface area (Å²) >= 11 is 1.92. The van der Waals surface area contributed by atoms with Crippen LogP contribution in [0.3, 0.4) is 0 Å². The van der Waals surface area contributed by atoms with Crippen molar-refractivity contribution in [1.82, 2.24) is 36.4 Å². The summed E-state index contributed by atoms with van der Waals surface area (Å²) in [5.41, 5.74) is 0.363. The molecule has 0 aromatic rings. The van der Waals surface area contributed by atoms with Crippen molar-refractivity contribution in [2.75, 3.05) is 51.6 Å². The Hall–Kier alpha value is -0.220. The maximum atomic E-state index is 12.7. The van der Waals surface area contributed by atoms with E-state index in [4.69, 9.17) is 9.47 Å². The maximum absolute atomic E-state index is 12.7. The first-order chi connectivity index (χ1) is 14.9. The molecule has 4 rings (SSSR count). The van der Waals surface area contributed by atoms with Crippen LogP contribution in [0.2, 0.25) is 0 Å². The Kier molecular flexibility index (Phi) is 8.34. The molecule has 4 aliphatic heterocycles. The average Bonchev–Trinajstić information content (AvgIpc) is 3.42. The van der Waals surface area contributed by atoms with E-state index in [1.165, 1.54) is 0 Å². The van der Waals surface area contributed by atoms with E-state index < -0.39 is 25.4 Å². The van der Waals surface area contributed by atoms with Crippen LogP contribution in [0.15, 0.2) is 0 Å². The average molecular weight is 470 g/mol. The van der Waals surface area contributed by atoms with E-state index in [1.807, 2.05) is 11.8 Å². The molecular formula is C18H34F3N7O2S. The molecule has 9 nitrogen and oxygen atoms in total. The molecule has 4 saturated heterocycles. The Morgan fingerprint density at radius 1 is 1.10 bits per heavy atom. The van der Waals surface area contributed by atoms with E-state index >= 15 is 0 Å². The molecule has 6 atom stereocenters. The molecule has 0 amide bonds. The van der Waals surface area contributed by atoms with Gasteiger partial charge in [0.05, 0.1) is 12.2 Å². The molecular weight excluding hydrogens is 435 g/mol. The lowest BCUT2D eigenvalue weighted by Gasteiger charge is -2.46. The van der Waals surface area contributed by atoms with Gasteiger partial charge in [-0.2, -0.15) is 13.2 Å². The Balaban J connectivity index is 1.30. The summed E-state index contributed by atoms with van der Waals surface area (Å²) in [5.74, 6) is 1.12. The van der Waals surface area contributed by atoms with E-state index in [0.29, 0.717) is 12.0 Å². The van der Waals surface area contributed by atoms with Crippen LogP contribution in [0, 0.1) is 0 Å². The van der Waals surface area contributed by atoms with Crippen molar-refractivity contribution in [3.8, 4) is 0 Å². The molecule has 180 valence electrons. The second-order valence-corrected chi connectivity index (χ2v) is 9.63. The monoisotopic (exact) mass is 469 g/mol. The Labute approximate surface area is 185 Å². The van der Waals surface area contributed by atoms with Gasteiger partial charge in [-0.15, -0.1) is 11.8 Å². The molecule has 4 heterocycles. The zero-order valence-corrected chi connectivity index (χ0v) is 18.6. The predicted molar refractivity (Wildman–Crippen MR) is 112 cm³/mol. The van der Waals surface area contributed by atoms with Gasteiger partial charge in [0.1, 0.15) is 24.7 Å². The quantitative estimate of drug-likeness (QED) is 0.340. The van der Waals surface area contributed by atoms with Crippen LogP contribution in [0.4, 0.5) is 13.2 Å². The fourth-order valence-electron chi connectivity index (χ4n) is 4.36. The maximum Gasteiger partial charge on any atom is 0.411 e. The van der Waals surface area contributed by atoms with Gasteiger partial charge < -0.3 is 9.47 Å². The first-order valence-electron chi connectivity index (χ1n) is 11.0. The summed E-state index contributed by atoms with van der Waals surface area (Å²) < 4.78 is 49.0. The minimum Gasteiger partial charge on any atom is -0.374 e. The summed E-state index contributed by atoms with van der Waals surface area (Å²) in [5, 5.41) is 16.4. The number of thioether (sulfide) groups is 1. The number of piperazine rings is 1. The van der Waals surface area contributed by atoms with Gasteiger partial charge in [-0.05, 0) is 19.8 Å². The van der Waals surface area contributed by atoms with Crippen molar-refractivity contribution in [3.05, 3.63) is 0 Å². The largest absolute Gasteiger partial charge is 0.411 e. The molecule has 0 bridgehead atoms. The molecule has 5 N–H and O–H groups in total. The third-order valence-electron chi connectivity index (χ3n) is 5.98. The van der Waals surface area contributed by atoms with Gasteiger partial charge in [0, 0.05) is 45.0 Å². The highest BCUT2D eigenvalue weighted by Gasteiger charge is 2.37. The first kappa shape index (κ1) is 23.9. The van der Waals surface area contributed by atoms with Gasteiger partial charge in [-0.25, -0.2) is 0 Å². The summed E-state index contributed by atoms with van der Waals surface area (Å²) in [6.45, 7) is 5.82. The Morgan fingerprint density at radius 2 is 1.87 bits per heavy atom. The second kappa shape index (κ2) is 10.8. The molecule has 4 fully saturated rings. The number of nitrogens with one attached hydrogen (secondary N) is 5. The van der Waals surface area contributed by atoms with Gasteiger partial charge >= 0.3 is 6.18 Å². The molecule has 0 saturated carbocycles. The van der Waals surface area contributed by atoms with Crippen LogP contribution >= 0.6 is 11.8 Å². The smallest absolute Gasteiger partial charge is 0.374 e. The van der Waals surface area contributed by atoms with Crippen molar-refractivity contribution < 1.29 is 22.6 Å². The number of hydrogen-bond donors (Lipinski definition) is 5. The van der Waals surface area contributed by atoms with E-state index in [2.05, 4.69) is 43.3 Å². The molecule has 0 aliphatic carbocycles. The molecule has 0 aromatic carbocycles. The highest BCUT2D eigenvalue weighted by molar-refractivity contribution is 8.00. The van der Waals surface area contributed by atoms with E-state index in [-0.39, 0.29) is 18.5 Å². The van der Waals surface area contributed by atoms with E-state index in [9.17, 15) is 13.2 Å². The third kappa shape index (κ3) is 7.13. The predicted octanol–water partition coefficient (Wildman–Crippen LogP) is -0.407. The van der Waals surface area contributed by atoms with Crippen molar-refractivity contribution in [3.63, 3.8) is 0 Å². The fourth-order valence-corrected chi connectivity index (χ4v) is 5.48. The SMILES string of the molecule is CC1CCC(CNC2NC(OCC(F)(F)F)NC(N3CCN(C4NCCS4)CC3)N2)O1. The minimum atomic E-state index is -4.38. The second-order valence-electron chi connectivity index (χ2n) is 8.45. The lowest BCUT2D eigenvalue weighted by atomic mass is 10.2. The number of halogens is 3. The molecule has 0 radical (unpaired) electrons. The third-order valence-corrected chi connectivity index (χ3v) is 7.20. The van der Waals surface area contributed by atoms with Gasteiger partial charge in [-0.3, -0.25) is 36.4 Å². The van der Waals surface area contributed by atoms with Crippen LogP contribution < -0.4 is 26.6 Å². The fraction of sp³-hybridized carbons (Fsp3) is 1.00. The van der Waals surface area contributed by atoms with Gasteiger partial charge in [0.15, 0.2) is 6.35 Å². The summed E-state index contributed by atoms with van der Waals surface area (Å²) in [7, 11) is 0. The number of hydrogen-bond acceptors (Lipinski definition) is 10. The highest BCUT2D eigenvalue weighted by atomic mass is 32.2. The first-order valence-corrected chi connectivity index (χ1v) is 12.1. The molecule has 31 heavy (non-hydrogen) atoms. The van der Waals surface area contributed by atoms with Crippen LogP contribution in [-0.2, 0) is 9.47 Å².